The van der Waals surface area contributed by atoms with Gasteiger partial charge in [-0.1, -0.05) is 18.2 Å². The minimum absolute atomic E-state index is 0.485. The predicted molar refractivity (Wildman–Crippen MR) is 48.9 cm³/mol. The van der Waals surface area contributed by atoms with Crippen LogP contribution in [0.15, 0.2) is 18.7 Å². The maximum absolute atomic E-state index is 5.67. The Labute approximate surface area is 70.9 Å². The number of rotatable bonds is 2. The summed E-state index contributed by atoms with van der Waals surface area (Å²) in [6.07, 6.45) is 1.66. The van der Waals surface area contributed by atoms with E-state index < -0.39 is 0 Å². The quantitative estimate of drug-likeness (QED) is 0.687. The van der Waals surface area contributed by atoms with Crippen molar-refractivity contribution < 1.29 is 0 Å². The summed E-state index contributed by atoms with van der Waals surface area (Å²) in [5.74, 6) is 0. The molecule has 3 heteroatoms. The topological polar surface area (TPSA) is 24.9 Å². The third-order valence-electron chi connectivity index (χ3n) is 1.35. The Bertz CT molecular complexity index is 271. The van der Waals surface area contributed by atoms with E-state index in [2.05, 4.69) is 16.9 Å². The van der Waals surface area contributed by atoms with Gasteiger partial charge >= 0.3 is 0 Å². The summed E-state index contributed by atoms with van der Waals surface area (Å²) < 4.78 is 0. The zero-order chi connectivity index (χ0) is 8.27. The number of hydrogen-bond donors (Lipinski definition) is 1. The molecule has 58 valence electrons. The largest absolute Gasteiger partial charge is 0.386 e. The van der Waals surface area contributed by atoms with Crippen molar-refractivity contribution in [3.05, 3.63) is 29.6 Å². The van der Waals surface area contributed by atoms with Crippen LogP contribution < -0.4 is 5.32 Å². The summed E-state index contributed by atoms with van der Waals surface area (Å²) >= 11 is 5.67. The highest BCUT2D eigenvalue weighted by atomic mass is 35.5. The lowest BCUT2D eigenvalue weighted by Crippen LogP contribution is -1.93. The van der Waals surface area contributed by atoms with Gasteiger partial charge in [-0.05, 0) is 18.2 Å². The molecule has 0 spiro atoms. The molecular formula is C8H9ClN2. The molecule has 0 unspecified atom stereocenters. The van der Waals surface area contributed by atoms with Gasteiger partial charge < -0.3 is 5.32 Å². The van der Waals surface area contributed by atoms with Crippen LogP contribution >= 0.6 is 11.6 Å². The standard InChI is InChI=1S/C8H9ClN2/c1-3-6-7(10-2)4-5-8(9)11-6/h3-5,10H,1H2,2H3. The van der Waals surface area contributed by atoms with Crippen LogP contribution in [0, 0.1) is 0 Å². The van der Waals surface area contributed by atoms with E-state index in [1.165, 1.54) is 0 Å². The van der Waals surface area contributed by atoms with E-state index in [0.717, 1.165) is 11.4 Å². The molecular weight excluding hydrogens is 160 g/mol. The van der Waals surface area contributed by atoms with Crippen LogP contribution in [0.3, 0.4) is 0 Å². The first-order valence-corrected chi connectivity index (χ1v) is 3.62. The first-order chi connectivity index (χ1) is 5.27. The van der Waals surface area contributed by atoms with Crippen LogP contribution in [-0.2, 0) is 0 Å². The van der Waals surface area contributed by atoms with Crippen molar-refractivity contribution in [3.8, 4) is 0 Å². The Morgan fingerprint density at radius 3 is 2.91 bits per heavy atom. The van der Waals surface area contributed by atoms with Crippen LogP contribution in [0.4, 0.5) is 5.69 Å². The normalized spacial score (nSPS) is 9.27. The van der Waals surface area contributed by atoms with E-state index in [0.29, 0.717) is 5.15 Å². The van der Waals surface area contributed by atoms with Gasteiger partial charge in [0.25, 0.3) is 0 Å². The second-order valence-corrected chi connectivity index (χ2v) is 2.41. The Morgan fingerprint density at radius 1 is 1.64 bits per heavy atom. The number of nitrogens with zero attached hydrogens (tertiary/aromatic N) is 1. The summed E-state index contributed by atoms with van der Waals surface area (Å²) in [4.78, 5) is 4.05. The monoisotopic (exact) mass is 168 g/mol. The van der Waals surface area contributed by atoms with Crippen molar-refractivity contribution in [1.29, 1.82) is 0 Å². The molecule has 1 N–H and O–H groups in total. The second-order valence-electron chi connectivity index (χ2n) is 2.02. The summed E-state index contributed by atoms with van der Waals surface area (Å²) in [6, 6.07) is 3.60. The van der Waals surface area contributed by atoms with Gasteiger partial charge in [0.1, 0.15) is 5.15 Å². The molecule has 11 heavy (non-hydrogen) atoms. The summed E-state index contributed by atoms with van der Waals surface area (Å²) in [6.45, 7) is 3.62. The highest BCUT2D eigenvalue weighted by molar-refractivity contribution is 6.29. The van der Waals surface area contributed by atoms with E-state index >= 15 is 0 Å². The minimum Gasteiger partial charge on any atom is -0.386 e. The molecule has 1 heterocycles. The Kier molecular flexibility index (Phi) is 2.49. The van der Waals surface area contributed by atoms with Crippen LogP contribution in [-0.4, -0.2) is 12.0 Å². The minimum atomic E-state index is 0.485. The number of aromatic nitrogens is 1. The maximum Gasteiger partial charge on any atom is 0.129 e. The van der Waals surface area contributed by atoms with E-state index in [-0.39, 0.29) is 0 Å². The van der Waals surface area contributed by atoms with Crippen molar-refractivity contribution >= 4 is 23.4 Å². The lowest BCUT2D eigenvalue weighted by molar-refractivity contribution is 1.28. The molecule has 0 aliphatic heterocycles. The first-order valence-electron chi connectivity index (χ1n) is 3.24. The highest BCUT2D eigenvalue weighted by Crippen LogP contribution is 2.16. The van der Waals surface area contributed by atoms with Gasteiger partial charge in [-0.25, -0.2) is 4.98 Å². The van der Waals surface area contributed by atoms with Gasteiger partial charge in [0.05, 0.1) is 11.4 Å². The summed E-state index contributed by atoms with van der Waals surface area (Å²) in [5.41, 5.74) is 1.71. The van der Waals surface area contributed by atoms with E-state index in [1.807, 2.05) is 13.1 Å². The molecule has 1 aromatic heterocycles. The SMILES string of the molecule is C=Cc1nc(Cl)ccc1NC. The number of halogens is 1. The summed E-state index contributed by atoms with van der Waals surface area (Å²) in [5, 5.41) is 3.47. The van der Waals surface area contributed by atoms with Gasteiger partial charge in [0, 0.05) is 7.05 Å². The molecule has 1 aromatic rings. The van der Waals surface area contributed by atoms with Crippen LogP contribution in [0.25, 0.3) is 6.08 Å². The lowest BCUT2D eigenvalue weighted by atomic mass is 10.3. The second kappa shape index (κ2) is 3.39. The number of hydrogen-bond acceptors (Lipinski definition) is 2. The Morgan fingerprint density at radius 2 is 2.36 bits per heavy atom. The fourth-order valence-corrected chi connectivity index (χ4v) is 0.971. The fourth-order valence-electron chi connectivity index (χ4n) is 0.817. The van der Waals surface area contributed by atoms with E-state index in [1.54, 1.807) is 12.1 Å². The molecule has 0 atom stereocenters. The number of anilines is 1. The third-order valence-corrected chi connectivity index (χ3v) is 1.56. The number of pyridine rings is 1. The van der Waals surface area contributed by atoms with Crippen molar-refractivity contribution in [2.75, 3.05) is 12.4 Å². The molecule has 0 radical (unpaired) electrons. The lowest BCUT2D eigenvalue weighted by Gasteiger charge is -2.03. The fraction of sp³-hybridized carbons (Fsp3) is 0.125. The molecule has 0 saturated carbocycles. The molecule has 2 nitrogen and oxygen atoms in total. The number of nitrogens with one attached hydrogen (secondary N) is 1. The molecule has 0 aliphatic rings. The Balaban J connectivity index is 3.16. The molecule has 0 amide bonds. The van der Waals surface area contributed by atoms with Crippen LogP contribution in [0.5, 0.6) is 0 Å². The molecule has 0 saturated heterocycles. The maximum atomic E-state index is 5.67. The average molecular weight is 169 g/mol. The smallest absolute Gasteiger partial charge is 0.129 e. The predicted octanol–water partition coefficient (Wildman–Crippen LogP) is 2.42. The van der Waals surface area contributed by atoms with E-state index in [9.17, 15) is 0 Å². The van der Waals surface area contributed by atoms with Crippen molar-refractivity contribution in [1.82, 2.24) is 4.98 Å². The first kappa shape index (κ1) is 8.08. The molecule has 0 aliphatic carbocycles. The van der Waals surface area contributed by atoms with Gasteiger partial charge in [0.2, 0.25) is 0 Å². The van der Waals surface area contributed by atoms with Crippen LogP contribution in [0.2, 0.25) is 5.15 Å². The van der Waals surface area contributed by atoms with Crippen molar-refractivity contribution in [3.63, 3.8) is 0 Å². The summed E-state index contributed by atoms with van der Waals surface area (Å²) in [7, 11) is 1.83. The van der Waals surface area contributed by atoms with E-state index in [4.69, 9.17) is 11.6 Å². The molecule has 0 aromatic carbocycles. The van der Waals surface area contributed by atoms with Gasteiger partial charge in [-0.15, -0.1) is 0 Å². The third kappa shape index (κ3) is 1.71. The molecule has 0 fully saturated rings. The zero-order valence-electron chi connectivity index (χ0n) is 6.26. The van der Waals surface area contributed by atoms with Gasteiger partial charge in [-0.2, -0.15) is 0 Å². The van der Waals surface area contributed by atoms with Gasteiger partial charge in [-0.3, -0.25) is 0 Å². The van der Waals surface area contributed by atoms with Crippen molar-refractivity contribution in [2.24, 2.45) is 0 Å². The molecule has 0 bridgehead atoms. The van der Waals surface area contributed by atoms with Crippen molar-refractivity contribution in [2.45, 2.75) is 0 Å². The average Bonchev–Trinajstić information content (AvgIpc) is 2.04. The Hall–Kier alpha value is -1.02. The van der Waals surface area contributed by atoms with Crippen LogP contribution in [0.1, 0.15) is 5.69 Å². The molecule has 1 rings (SSSR count). The van der Waals surface area contributed by atoms with Gasteiger partial charge in [0.15, 0.2) is 0 Å². The zero-order valence-corrected chi connectivity index (χ0v) is 7.02. The highest BCUT2D eigenvalue weighted by Gasteiger charge is 1.97.